The van der Waals surface area contributed by atoms with Gasteiger partial charge in [-0.3, -0.25) is 0 Å². The van der Waals surface area contributed by atoms with Crippen LogP contribution in [0.3, 0.4) is 0 Å². The second-order valence-electron chi connectivity index (χ2n) is 5.74. The SMILES string of the molecule is CCc1ncc(NC(=O)NC2CCN(C(C)C)CC2)cn1. The molecule has 0 unspecified atom stereocenters. The third kappa shape index (κ3) is 4.67. The van der Waals surface area contributed by atoms with Crippen molar-refractivity contribution in [3.8, 4) is 0 Å². The second-order valence-corrected chi connectivity index (χ2v) is 5.74. The van der Waals surface area contributed by atoms with Gasteiger partial charge in [-0.15, -0.1) is 0 Å². The average Bonchev–Trinajstić information content (AvgIpc) is 2.48. The van der Waals surface area contributed by atoms with Crippen LogP contribution in [-0.4, -0.2) is 46.1 Å². The standard InChI is InChI=1S/C15H25N5O/c1-4-14-16-9-13(10-17-14)19-15(21)18-12-5-7-20(8-6-12)11(2)3/h9-12H,4-8H2,1-3H3,(H2,18,19,21). The summed E-state index contributed by atoms with van der Waals surface area (Å²) in [4.78, 5) is 22.7. The first-order valence-corrected chi connectivity index (χ1v) is 7.71. The summed E-state index contributed by atoms with van der Waals surface area (Å²) in [6.07, 6.45) is 6.08. The predicted molar refractivity (Wildman–Crippen MR) is 83.3 cm³/mol. The lowest BCUT2D eigenvalue weighted by Gasteiger charge is -2.34. The molecule has 2 N–H and O–H groups in total. The van der Waals surface area contributed by atoms with Crippen molar-refractivity contribution in [1.29, 1.82) is 0 Å². The Kier molecular flexibility index (Phi) is 5.50. The van der Waals surface area contributed by atoms with Crippen LogP contribution in [0.25, 0.3) is 0 Å². The molecule has 2 amide bonds. The summed E-state index contributed by atoms with van der Waals surface area (Å²) in [5.41, 5.74) is 0.629. The number of hydrogen-bond donors (Lipinski definition) is 2. The van der Waals surface area contributed by atoms with E-state index in [4.69, 9.17) is 0 Å². The maximum atomic E-state index is 12.0. The fourth-order valence-electron chi connectivity index (χ4n) is 2.51. The van der Waals surface area contributed by atoms with Crippen molar-refractivity contribution in [2.45, 2.75) is 52.1 Å². The zero-order chi connectivity index (χ0) is 15.2. The third-order valence-electron chi connectivity index (χ3n) is 3.87. The van der Waals surface area contributed by atoms with Crippen molar-refractivity contribution in [3.05, 3.63) is 18.2 Å². The minimum Gasteiger partial charge on any atom is -0.335 e. The molecule has 0 spiro atoms. The van der Waals surface area contributed by atoms with Crippen LogP contribution >= 0.6 is 0 Å². The zero-order valence-corrected chi connectivity index (χ0v) is 13.1. The summed E-state index contributed by atoms with van der Waals surface area (Å²) in [7, 11) is 0. The first kappa shape index (κ1) is 15.7. The number of piperidine rings is 1. The number of nitrogens with zero attached hydrogens (tertiary/aromatic N) is 3. The van der Waals surface area contributed by atoms with Crippen LogP contribution in [0.4, 0.5) is 10.5 Å². The molecule has 6 nitrogen and oxygen atoms in total. The molecule has 0 saturated carbocycles. The Balaban J connectivity index is 1.77. The highest BCUT2D eigenvalue weighted by molar-refractivity contribution is 5.89. The highest BCUT2D eigenvalue weighted by Crippen LogP contribution is 2.13. The van der Waals surface area contributed by atoms with Gasteiger partial charge < -0.3 is 15.5 Å². The van der Waals surface area contributed by atoms with Crippen molar-refractivity contribution >= 4 is 11.7 Å². The van der Waals surface area contributed by atoms with E-state index in [9.17, 15) is 4.79 Å². The maximum absolute atomic E-state index is 12.0. The summed E-state index contributed by atoms with van der Waals surface area (Å²) in [6, 6.07) is 0.649. The van der Waals surface area contributed by atoms with E-state index in [0.717, 1.165) is 38.2 Å². The van der Waals surface area contributed by atoms with Crippen molar-refractivity contribution in [2.24, 2.45) is 0 Å². The summed E-state index contributed by atoms with van der Waals surface area (Å²) >= 11 is 0. The highest BCUT2D eigenvalue weighted by atomic mass is 16.2. The number of likely N-dealkylation sites (tertiary alicyclic amines) is 1. The van der Waals surface area contributed by atoms with E-state index in [1.165, 1.54) is 0 Å². The molecule has 1 aromatic heterocycles. The molecule has 116 valence electrons. The van der Waals surface area contributed by atoms with Gasteiger partial charge >= 0.3 is 6.03 Å². The van der Waals surface area contributed by atoms with Gasteiger partial charge in [-0.05, 0) is 26.7 Å². The fourth-order valence-corrected chi connectivity index (χ4v) is 2.51. The van der Waals surface area contributed by atoms with Gasteiger partial charge in [0.1, 0.15) is 5.82 Å². The lowest BCUT2D eigenvalue weighted by molar-refractivity contribution is 0.163. The average molecular weight is 291 g/mol. The molecular formula is C15H25N5O. The third-order valence-corrected chi connectivity index (χ3v) is 3.87. The lowest BCUT2D eigenvalue weighted by Crippen LogP contribution is -2.47. The molecule has 1 aliphatic rings. The Morgan fingerprint density at radius 3 is 2.48 bits per heavy atom. The largest absolute Gasteiger partial charge is 0.335 e. The molecule has 0 aromatic carbocycles. The van der Waals surface area contributed by atoms with E-state index in [0.29, 0.717) is 11.7 Å². The molecule has 0 radical (unpaired) electrons. The first-order valence-electron chi connectivity index (χ1n) is 7.71. The highest BCUT2D eigenvalue weighted by Gasteiger charge is 2.21. The van der Waals surface area contributed by atoms with Gasteiger partial charge in [0.05, 0.1) is 18.1 Å². The number of anilines is 1. The van der Waals surface area contributed by atoms with Gasteiger partial charge in [0.2, 0.25) is 0 Å². The number of hydrogen-bond acceptors (Lipinski definition) is 4. The number of nitrogens with one attached hydrogen (secondary N) is 2. The van der Waals surface area contributed by atoms with Crippen LogP contribution in [-0.2, 0) is 6.42 Å². The van der Waals surface area contributed by atoms with E-state index >= 15 is 0 Å². The Hall–Kier alpha value is -1.69. The molecule has 6 heteroatoms. The van der Waals surface area contributed by atoms with Crippen molar-refractivity contribution < 1.29 is 4.79 Å². The smallest absolute Gasteiger partial charge is 0.319 e. The van der Waals surface area contributed by atoms with Gasteiger partial charge in [-0.25, -0.2) is 14.8 Å². The van der Waals surface area contributed by atoms with Gasteiger partial charge in [0, 0.05) is 31.6 Å². The van der Waals surface area contributed by atoms with E-state index in [-0.39, 0.29) is 12.1 Å². The molecule has 0 aliphatic carbocycles. The number of carbonyl (C=O) groups excluding carboxylic acids is 1. The van der Waals surface area contributed by atoms with E-state index < -0.39 is 0 Å². The Morgan fingerprint density at radius 2 is 1.95 bits per heavy atom. The van der Waals surface area contributed by atoms with Gasteiger partial charge in [0.15, 0.2) is 0 Å². The topological polar surface area (TPSA) is 70.2 Å². The quantitative estimate of drug-likeness (QED) is 0.890. The van der Waals surface area contributed by atoms with Crippen LogP contribution < -0.4 is 10.6 Å². The Morgan fingerprint density at radius 1 is 1.33 bits per heavy atom. The molecule has 0 bridgehead atoms. The van der Waals surface area contributed by atoms with Crippen LogP contribution in [0.1, 0.15) is 39.4 Å². The van der Waals surface area contributed by atoms with E-state index in [1.54, 1.807) is 12.4 Å². The molecule has 21 heavy (non-hydrogen) atoms. The van der Waals surface area contributed by atoms with Crippen LogP contribution in [0, 0.1) is 0 Å². The van der Waals surface area contributed by atoms with Crippen LogP contribution in [0.5, 0.6) is 0 Å². The Labute approximate surface area is 126 Å². The molecule has 1 aromatic rings. The number of amides is 2. The number of aromatic nitrogens is 2. The van der Waals surface area contributed by atoms with Gasteiger partial charge in [-0.1, -0.05) is 6.92 Å². The number of urea groups is 1. The number of rotatable bonds is 4. The van der Waals surface area contributed by atoms with E-state index in [2.05, 4.69) is 39.3 Å². The molecule has 1 saturated heterocycles. The summed E-state index contributed by atoms with van der Waals surface area (Å²) in [6.45, 7) is 8.49. The molecule has 2 heterocycles. The summed E-state index contributed by atoms with van der Waals surface area (Å²) in [5.74, 6) is 0.780. The second kappa shape index (κ2) is 7.36. The zero-order valence-electron chi connectivity index (χ0n) is 13.1. The van der Waals surface area contributed by atoms with Gasteiger partial charge in [0.25, 0.3) is 0 Å². The monoisotopic (exact) mass is 291 g/mol. The Bertz CT molecular complexity index is 452. The minimum atomic E-state index is -0.175. The molecule has 0 atom stereocenters. The van der Waals surface area contributed by atoms with Crippen molar-refractivity contribution in [1.82, 2.24) is 20.2 Å². The molecule has 1 aliphatic heterocycles. The predicted octanol–water partition coefficient (Wildman–Crippen LogP) is 2.03. The molecular weight excluding hydrogens is 266 g/mol. The van der Waals surface area contributed by atoms with Crippen molar-refractivity contribution in [3.63, 3.8) is 0 Å². The van der Waals surface area contributed by atoms with Crippen LogP contribution in [0.2, 0.25) is 0 Å². The molecule has 1 fully saturated rings. The summed E-state index contributed by atoms with van der Waals surface area (Å²) in [5, 5.41) is 5.81. The fraction of sp³-hybridized carbons (Fsp3) is 0.667. The number of carbonyl (C=O) groups is 1. The van der Waals surface area contributed by atoms with Crippen LogP contribution in [0.15, 0.2) is 12.4 Å². The maximum Gasteiger partial charge on any atom is 0.319 e. The molecule has 2 rings (SSSR count). The normalized spacial score (nSPS) is 17.0. The van der Waals surface area contributed by atoms with Crippen molar-refractivity contribution in [2.75, 3.05) is 18.4 Å². The first-order chi connectivity index (χ1) is 10.1. The lowest BCUT2D eigenvalue weighted by atomic mass is 10.0. The number of aryl methyl sites for hydroxylation is 1. The van der Waals surface area contributed by atoms with E-state index in [1.807, 2.05) is 6.92 Å². The minimum absolute atomic E-state index is 0.175. The summed E-state index contributed by atoms with van der Waals surface area (Å²) < 4.78 is 0. The van der Waals surface area contributed by atoms with Gasteiger partial charge in [-0.2, -0.15) is 0 Å².